The van der Waals surface area contributed by atoms with E-state index in [1.54, 1.807) is 17.1 Å². The summed E-state index contributed by atoms with van der Waals surface area (Å²) in [5, 5.41) is 27.9. The van der Waals surface area contributed by atoms with Gasteiger partial charge < -0.3 is 10.4 Å². The maximum Gasteiger partial charge on any atom is 0.222 e. The van der Waals surface area contributed by atoms with Gasteiger partial charge in [0.1, 0.15) is 6.07 Å². The normalized spacial score (nSPS) is 19.7. The molecule has 1 aromatic carbocycles. The number of benzene rings is 1. The topological polar surface area (TPSA) is 99.7 Å². The number of hydrogen-bond donors (Lipinski definition) is 2. The van der Waals surface area contributed by atoms with Crippen molar-refractivity contribution in [3.05, 3.63) is 64.7 Å². The molecule has 0 bridgehead atoms. The molecule has 8 heteroatoms. The van der Waals surface area contributed by atoms with Crippen LogP contribution in [0.5, 0.6) is 0 Å². The fourth-order valence-electron chi connectivity index (χ4n) is 4.59. The average molecular weight is 465 g/mol. The van der Waals surface area contributed by atoms with Gasteiger partial charge in [0.15, 0.2) is 0 Å². The zero-order chi connectivity index (χ0) is 23.4. The molecule has 4 rings (SSSR count). The SMILES string of the molecule is CC1(C)C[C@H](Cc2nc(NCCc3ccc(-n4cccn4)c(Cl)c3)ncc2C#N)CC[C@@H]1O. The Labute approximate surface area is 199 Å². The summed E-state index contributed by atoms with van der Waals surface area (Å²) in [6, 6.07) is 10.0. The molecule has 0 radical (unpaired) electrons. The van der Waals surface area contributed by atoms with Crippen molar-refractivity contribution in [2.45, 2.75) is 52.1 Å². The van der Waals surface area contributed by atoms with Crippen molar-refractivity contribution < 1.29 is 5.11 Å². The molecule has 2 heterocycles. The highest BCUT2D eigenvalue weighted by Gasteiger charge is 2.35. The van der Waals surface area contributed by atoms with E-state index in [-0.39, 0.29) is 11.5 Å². The molecular formula is C25H29ClN6O. The van der Waals surface area contributed by atoms with Crippen LogP contribution in [0, 0.1) is 22.7 Å². The van der Waals surface area contributed by atoms with Gasteiger partial charge in [0, 0.05) is 18.9 Å². The number of anilines is 1. The third-order valence-electron chi connectivity index (χ3n) is 6.50. The van der Waals surface area contributed by atoms with E-state index in [4.69, 9.17) is 11.6 Å². The Balaban J connectivity index is 1.38. The number of nitrogens with one attached hydrogen (secondary N) is 1. The third kappa shape index (κ3) is 5.52. The summed E-state index contributed by atoms with van der Waals surface area (Å²) < 4.78 is 1.74. The van der Waals surface area contributed by atoms with E-state index in [1.807, 2.05) is 30.5 Å². The van der Waals surface area contributed by atoms with Crippen molar-refractivity contribution in [2.24, 2.45) is 11.3 Å². The first-order chi connectivity index (χ1) is 15.9. The molecule has 1 saturated carbocycles. The fraction of sp³-hybridized carbons (Fsp3) is 0.440. The smallest absolute Gasteiger partial charge is 0.222 e. The Hall–Kier alpha value is -2.95. The van der Waals surface area contributed by atoms with Gasteiger partial charge in [-0.1, -0.05) is 31.5 Å². The van der Waals surface area contributed by atoms with Crippen molar-refractivity contribution in [1.29, 1.82) is 5.26 Å². The zero-order valence-corrected chi connectivity index (χ0v) is 19.8. The molecule has 7 nitrogen and oxygen atoms in total. The van der Waals surface area contributed by atoms with Crippen LogP contribution in [-0.4, -0.2) is 37.5 Å². The second-order valence-corrected chi connectivity index (χ2v) is 9.84. The quantitative estimate of drug-likeness (QED) is 0.531. The van der Waals surface area contributed by atoms with E-state index < -0.39 is 0 Å². The van der Waals surface area contributed by atoms with Crippen LogP contribution in [0.3, 0.4) is 0 Å². The summed E-state index contributed by atoms with van der Waals surface area (Å²) in [4.78, 5) is 8.97. The lowest BCUT2D eigenvalue weighted by Gasteiger charge is -2.39. The summed E-state index contributed by atoms with van der Waals surface area (Å²) in [6.45, 7) is 4.86. The van der Waals surface area contributed by atoms with Crippen LogP contribution in [-0.2, 0) is 12.8 Å². The maximum absolute atomic E-state index is 10.2. The summed E-state index contributed by atoms with van der Waals surface area (Å²) in [5.41, 5.74) is 3.12. The van der Waals surface area contributed by atoms with Crippen molar-refractivity contribution >= 4 is 17.5 Å². The zero-order valence-electron chi connectivity index (χ0n) is 19.0. The van der Waals surface area contributed by atoms with E-state index >= 15 is 0 Å². The van der Waals surface area contributed by atoms with Crippen LogP contribution >= 0.6 is 11.6 Å². The Morgan fingerprint density at radius 3 is 2.88 bits per heavy atom. The van der Waals surface area contributed by atoms with Crippen LogP contribution < -0.4 is 5.32 Å². The fourth-order valence-corrected chi connectivity index (χ4v) is 4.88. The molecule has 0 aliphatic heterocycles. The molecule has 0 spiro atoms. The van der Waals surface area contributed by atoms with Crippen LogP contribution in [0.2, 0.25) is 5.02 Å². The van der Waals surface area contributed by atoms with Gasteiger partial charge in [-0.15, -0.1) is 0 Å². The van der Waals surface area contributed by atoms with Gasteiger partial charge in [0.05, 0.1) is 34.3 Å². The van der Waals surface area contributed by atoms with Gasteiger partial charge in [-0.25, -0.2) is 14.6 Å². The largest absolute Gasteiger partial charge is 0.393 e. The highest BCUT2D eigenvalue weighted by Crippen LogP contribution is 2.40. The lowest BCUT2D eigenvalue weighted by Crippen LogP contribution is -2.37. The van der Waals surface area contributed by atoms with E-state index in [9.17, 15) is 10.4 Å². The number of halogens is 1. The molecule has 0 amide bonds. The Morgan fingerprint density at radius 1 is 1.33 bits per heavy atom. The molecule has 0 unspecified atom stereocenters. The standard InChI is InChI=1S/C25H29ClN6O/c1-25(2)14-18(5-7-23(25)33)13-21-19(15-27)16-29-24(31-21)28-10-8-17-4-6-22(20(26)12-17)32-11-3-9-30-32/h3-4,6,9,11-12,16,18,23,33H,5,7-8,10,13-14H2,1-2H3,(H,28,29,31)/t18-,23-/m0/s1. The van der Waals surface area contributed by atoms with Gasteiger partial charge in [-0.05, 0) is 67.2 Å². The van der Waals surface area contributed by atoms with Crippen LogP contribution in [0.4, 0.5) is 5.95 Å². The van der Waals surface area contributed by atoms with Crippen molar-refractivity contribution in [1.82, 2.24) is 19.7 Å². The first kappa shape index (κ1) is 23.2. The van der Waals surface area contributed by atoms with Crippen molar-refractivity contribution in [2.75, 3.05) is 11.9 Å². The number of hydrogen-bond acceptors (Lipinski definition) is 6. The molecule has 0 saturated heterocycles. The van der Waals surface area contributed by atoms with Gasteiger partial charge in [0.25, 0.3) is 0 Å². The first-order valence-corrected chi connectivity index (χ1v) is 11.7. The second-order valence-electron chi connectivity index (χ2n) is 9.43. The lowest BCUT2D eigenvalue weighted by molar-refractivity contribution is -0.00748. The Bertz CT molecular complexity index is 1140. The molecule has 172 valence electrons. The summed E-state index contributed by atoms with van der Waals surface area (Å²) in [7, 11) is 0. The molecule has 2 atom stereocenters. The minimum atomic E-state index is -0.270. The molecule has 1 fully saturated rings. The molecule has 1 aliphatic carbocycles. The lowest BCUT2D eigenvalue weighted by atomic mass is 9.69. The van der Waals surface area contributed by atoms with E-state index in [1.165, 1.54) is 0 Å². The molecule has 2 N–H and O–H groups in total. The highest BCUT2D eigenvalue weighted by atomic mass is 35.5. The molecule has 33 heavy (non-hydrogen) atoms. The molecule has 3 aromatic rings. The third-order valence-corrected chi connectivity index (χ3v) is 6.80. The summed E-state index contributed by atoms with van der Waals surface area (Å²) >= 11 is 6.44. The van der Waals surface area contributed by atoms with Gasteiger partial charge in [-0.3, -0.25) is 0 Å². The van der Waals surface area contributed by atoms with Crippen LogP contribution in [0.25, 0.3) is 5.69 Å². The van der Waals surface area contributed by atoms with Crippen molar-refractivity contribution in [3.8, 4) is 11.8 Å². The van der Waals surface area contributed by atoms with Crippen LogP contribution in [0.1, 0.15) is 49.9 Å². The summed E-state index contributed by atoms with van der Waals surface area (Å²) in [6.07, 6.45) is 9.04. The Kier molecular flexibility index (Phi) is 6.96. The molecule has 2 aromatic heterocycles. The van der Waals surface area contributed by atoms with E-state index in [0.717, 1.165) is 49.0 Å². The summed E-state index contributed by atoms with van der Waals surface area (Å²) in [5.74, 6) is 0.923. The number of rotatable bonds is 7. The number of aliphatic hydroxyl groups excluding tert-OH is 1. The van der Waals surface area contributed by atoms with E-state index in [2.05, 4.69) is 40.3 Å². The highest BCUT2D eigenvalue weighted by molar-refractivity contribution is 6.32. The number of aliphatic hydroxyl groups is 1. The minimum absolute atomic E-state index is 0.113. The monoisotopic (exact) mass is 464 g/mol. The molecular weight excluding hydrogens is 436 g/mol. The van der Waals surface area contributed by atoms with Gasteiger partial charge in [0.2, 0.25) is 5.95 Å². The molecule has 1 aliphatic rings. The van der Waals surface area contributed by atoms with Gasteiger partial charge in [-0.2, -0.15) is 10.4 Å². The second kappa shape index (κ2) is 9.90. The van der Waals surface area contributed by atoms with Crippen molar-refractivity contribution in [3.63, 3.8) is 0 Å². The average Bonchev–Trinajstić information content (AvgIpc) is 3.31. The predicted octanol–water partition coefficient (Wildman–Crippen LogP) is 4.57. The number of nitriles is 1. The number of nitrogens with zero attached hydrogens (tertiary/aromatic N) is 5. The van der Waals surface area contributed by atoms with E-state index in [0.29, 0.717) is 29.0 Å². The minimum Gasteiger partial charge on any atom is -0.393 e. The van der Waals surface area contributed by atoms with Gasteiger partial charge >= 0.3 is 0 Å². The first-order valence-electron chi connectivity index (χ1n) is 11.3. The van der Waals surface area contributed by atoms with Crippen LogP contribution in [0.15, 0.2) is 42.9 Å². The Morgan fingerprint density at radius 2 is 2.18 bits per heavy atom. The maximum atomic E-state index is 10.2. The predicted molar refractivity (Wildman–Crippen MR) is 128 cm³/mol. The number of aromatic nitrogens is 4.